The molecule has 0 aliphatic heterocycles. The molecule has 2 aromatic heterocycles. The fraction of sp³-hybridized carbons (Fsp3) is 0.533. The molecule has 1 fully saturated rings. The molecule has 5 heteroatoms. The molecule has 1 aliphatic carbocycles. The minimum absolute atomic E-state index is 0.101. The normalized spacial score (nSPS) is 15.8. The van der Waals surface area contributed by atoms with Crippen LogP contribution >= 0.6 is 38.6 Å². The van der Waals surface area contributed by atoms with Gasteiger partial charge in [-0.1, -0.05) is 20.8 Å². The maximum atomic E-state index is 4.93. The van der Waals surface area contributed by atoms with Crippen molar-refractivity contribution < 1.29 is 0 Å². The van der Waals surface area contributed by atoms with Crippen LogP contribution in [0.4, 0.5) is 0 Å². The molecular formula is C15H19BrN2S2. The third-order valence-electron chi connectivity index (χ3n) is 3.32. The Bertz CT molecular complexity index is 606. The van der Waals surface area contributed by atoms with Gasteiger partial charge in [-0.3, -0.25) is 0 Å². The summed E-state index contributed by atoms with van der Waals surface area (Å²) in [7, 11) is 0. The van der Waals surface area contributed by atoms with Crippen LogP contribution in [0.3, 0.4) is 0 Å². The fourth-order valence-electron chi connectivity index (χ4n) is 2.12. The summed E-state index contributed by atoms with van der Waals surface area (Å²) in [5, 5.41) is 4.77. The summed E-state index contributed by atoms with van der Waals surface area (Å²) in [6.45, 7) is 7.70. The van der Waals surface area contributed by atoms with Crippen molar-refractivity contribution in [2.75, 3.05) is 0 Å². The topological polar surface area (TPSA) is 24.9 Å². The lowest BCUT2D eigenvalue weighted by Crippen LogP contribution is -2.19. The van der Waals surface area contributed by atoms with Gasteiger partial charge in [-0.05, 0) is 40.9 Å². The zero-order valence-corrected chi connectivity index (χ0v) is 15.2. The molecule has 0 radical (unpaired) electrons. The van der Waals surface area contributed by atoms with Crippen LogP contribution in [0.2, 0.25) is 0 Å². The first kappa shape index (κ1) is 14.7. The van der Waals surface area contributed by atoms with Crippen LogP contribution < -0.4 is 5.32 Å². The first-order valence-corrected chi connectivity index (χ1v) is 9.35. The van der Waals surface area contributed by atoms with E-state index in [0.717, 1.165) is 21.4 Å². The van der Waals surface area contributed by atoms with Crippen molar-refractivity contribution in [3.05, 3.63) is 26.5 Å². The molecular weight excluding hydrogens is 352 g/mol. The molecule has 3 rings (SSSR count). The lowest BCUT2D eigenvalue weighted by atomic mass is 9.91. The largest absolute Gasteiger partial charge is 0.309 e. The summed E-state index contributed by atoms with van der Waals surface area (Å²) in [5.74, 6) is 0. The molecule has 2 heterocycles. The standard InChI is InChI=1S/C15H19BrN2S2/c1-15(2,3)13-11(8-17-9-4-5-9)20-14(18-13)10-6-7-12(16)19-10/h6-7,9,17H,4-5,8H2,1-3H3. The molecule has 1 saturated carbocycles. The van der Waals surface area contributed by atoms with E-state index in [1.165, 1.54) is 28.3 Å². The molecule has 1 aliphatic rings. The number of aromatic nitrogens is 1. The van der Waals surface area contributed by atoms with E-state index in [1.807, 2.05) is 11.3 Å². The van der Waals surface area contributed by atoms with Crippen molar-refractivity contribution in [2.24, 2.45) is 0 Å². The van der Waals surface area contributed by atoms with Crippen LogP contribution in [-0.4, -0.2) is 11.0 Å². The minimum atomic E-state index is 0.101. The lowest BCUT2D eigenvalue weighted by molar-refractivity contribution is 0.559. The maximum Gasteiger partial charge on any atom is 0.134 e. The van der Waals surface area contributed by atoms with Gasteiger partial charge in [-0.2, -0.15) is 0 Å². The Morgan fingerprint density at radius 2 is 2.05 bits per heavy atom. The monoisotopic (exact) mass is 370 g/mol. The van der Waals surface area contributed by atoms with Gasteiger partial charge in [0.15, 0.2) is 0 Å². The molecule has 0 unspecified atom stereocenters. The minimum Gasteiger partial charge on any atom is -0.309 e. The highest BCUT2D eigenvalue weighted by molar-refractivity contribution is 9.11. The van der Waals surface area contributed by atoms with Gasteiger partial charge in [0.05, 0.1) is 14.4 Å². The first-order chi connectivity index (χ1) is 9.43. The van der Waals surface area contributed by atoms with E-state index in [-0.39, 0.29) is 5.41 Å². The van der Waals surface area contributed by atoms with Crippen LogP contribution in [0.5, 0.6) is 0 Å². The van der Waals surface area contributed by atoms with Crippen molar-refractivity contribution in [3.63, 3.8) is 0 Å². The molecule has 20 heavy (non-hydrogen) atoms. The number of thiazole rings is 1. The predicted molar refractivity (Wildman–Crippen MR) is 91.7 cm³/mol. The van der Waals surface area contributed by atoms with E-state index in [1.54, 1.807) is 11.3 Å². The van der Waals surface area contributed by atoms with E-state index in [9.17, 15) is 0 Å². The van der Waals surface area contributed by atoms with Gasteiger partial charge in [0.2, 0.25) is 0 Å². The van der Waals surface area contributed by atoms with E-state index >= 15 is 0 Å². The number of halogens is 1. The molecule has 0 saturated heterocycles. The number of nitrogens with one attached hydrogen (secondary N) is 1. The molecule has 2 nitrogen and oxygen atoms in total. The first-order valence-electron chi connectivity index (χ1n) is 6.93. The molecule has 108 valence electrons. The Labute approximate surface area is 136 Å². The average molecular weight is 371 g/mol. The smallest absolute Gasteiger partial charge is 0.134 e. The van der Waals surface area contributed by atoms with E-state index < -0.39 is 0 Å². The Morgan fingerprint density at radius 3 is 2.60 bits per heavy atom. The van der Waals surface area contributed by atoms with E-state index in [4.69, 9.17) is 4.98 Å². The highest BCUT2D eigenvalue weighted by atomic mass is 79.9. The quantitative estimate of drug-likeness (QED) is 0.801. The van der Waals surface area contributed by atoms with Crippen molar-refractivity contribution in [3.8, 4) is 9.88 Å². The summed E-state index contributed by atoms with van der Waals surface area (Å²) in [6, 6.07) is 4.99. The summed E-state index contributed by atoms with van der Waals surface area (Å²) in [4.78, 5) is 7.58. The highest BCUT2D eigenvalue weighted by Gasteiger charge is 2.26. The summed E-state index contributed by atoms with van der Waals surface area (Å²) in [5.41, 5.74) is 1.35. The van der Waals surface area contributed by atoms with Crippen LogP contribution in [0.15, 0.2) is 15.9 Å². The molecule has 0 bridgehead atoms. The van der Waals surface area contributed by atoms with Crippen molar-refractivity contribution in [1.29, 1.82) is 0 Å². The highest BCUT2D eigenvalue weighted by Crippen LogP contribution is 2.38. The molecule has 2 aromatic rings. The van der Waals surface area contributed by atoms with Crippen LogP contribution in [0.25, 0.3) is 9.88 Å². The van der Waals surface area contributed by atoms with Gasteiger partial charge in [-0.15, -0.1) is 22.7 Å². The Morgan fingerprint density at radius 1 is 1.30 bits per heavy atom. The van der Waals surface area contributed by atoms with Crippen molar-refractivity contribution >= 4 is 38.6 Å². The second-order valence-electron chi connectivity index (χ2n) is 6.30. The van der Waals surface area contributed by atoms with Gasteiger partial charge in [0.25, 0.3) is 0 Å². The lowest BCUT2D eigenvalue weighted by Gasteiger charge is -2.17. The van der Waals surface area contributed by atoms with Crippen LogP contribution in [0, 0.1) is 0 Å². The second kappa shape index (κ2) is 5.52. The summed E-state index contributed by atoms with van der Waals surface area (Å²) < 4.78 is 1.16. The molecule has 1 N–H and O–H groups in total. The number of hydrogen-bond acceptors (Lipinski definition) is 4. The van der Waals surface area contributed by atoms with Gasteiger partial charge >= 0.3 is 0 Å². The van der Waals surface area contributed by atoms with E-state index in [0.29, 0.717) is 0 Å². The molecule has 0 amide bonds. The van der Waals surface area contributed by atoms with Crippen LogP contribution in [0.1, 0.15) is 44.2 Å². The third-order valence-corrected chi connectivity index (χ3v) is 6.17. The molecule has 0 spiro atoms. The van der Waals surface area contributed by atoms with Gasteiger partial charge in [-0.25, -0.2) is 4.98 Å². The number of nitrogens with zero attached hydrogens (tertiary/aromatic N) is 1. The number of rotatable bonds is 4. The third kappa shape index (κ3) is 3.32. The van der Waals surface area contributed by atoms with E-state index in [2.05, 4.69) is 54.2 Å². The Kier molecular flexibility index (Phi) is 4.06. The summed E-state index contributed by atoms with van der Waals surface area (Å²) in [6.07, 6.45) is 2.66. The SMILES string of the molecule is CC(C)(C)c1nc(-c2ccc(Br)s2)sc1CNC1CC1. The second-order valence-corrected chi connectivity index (χ2v) is 9.85. The maximum absolute atomic E-state index is 4.93. The molecule has 0 atom stereocenters. The molecule has 0 aromatic carbocycles. The Hall–Kier alpha value is -0.230. The Balaban J connectivity index is 1.91. The number of hydrogen-bond donors (Lipinski definition) is 1. The zero-order chi connectivity index (χ0) is 14.3. The predicted octanol–water partition coefficient (Wildman–Crippen LogP) is 5.18. The van der Waals surface area contributed by atoms with Gasteiger partial charge in [0, 0.05) is 22.9 Å². The fourth-order valence-corrected chi connectivity index (χ4v) is 4.78. The zero-order valence-electron chi connectivity index (χ0n) is 12.0. The van der Waals surface area contributed by atoms with Crippen LogP contribution in [-0.2, 0) is 12.0 Å². The summed E-state index contributed by atoms with van der Waals surface area (Å²) >= 11 is 7.13. The average Bonchev–Trinajstić information content (AvgIpc) is 2.91. The van der Waals surface area contributed by atoms with Crippen molar-refractivity contribution in [1.82, 2.24) is 10.3 Å². The number of thiophene rings is 1. The van der Waals surface area contributed by atoms with Crippen molar-refractivity contribution in [2.45, 2.75) is 51.6 Å². The van der Waals surface area contributed by atoms with Gasteiger partial charge < -0.3 is 5.32 Å². The van der Waals surface area contributed by atoms with Gasteiger partial charge in [0.1, 0.15) is 5.01 Å².